The number of rotatable bonds is 9. The highest BCUT2D eigenvalue weighted by atomic mass is 16.5. The number of ether oxygens (including phenoxy) is 3. The summed E-state index contributed by atoms with van der Waals surface area (Å²) in [6.45, 7) is 4.83. The molecule has 0 unspecified atom stereocenters. The number of H-pyrrole nitrogens is 1. The Morgan fingerprint density at radius 3 is 2.54 bits per heavy atom. The van der Waals surface area contributed by atoms with Gasteiger partial charge in [0.1, 0.15) is 18.1 Å². The minimum Gasteiger partial charge on any atom is -0.493 e. The number of aromatic amines is 1. The molecule has 3 aromatic rings. The van der Waals surface area contributed by atoms with Gasteiger partial charge in [-0.25, -0.2) is 4.79 Å². The first kappa shape index (κ1) is 24.1. The van der Waals surface area contributed by atoms with E-state index in [4.69, 9.17) is 18.7 Å². The number of aryl methyl sites for hydroxylation is 2. The summed E-state index contributed by atoms with van der Waals surface area (Å²) in [7, 11) is 1.46. The number of aromatic nitrogens is 2. The number of amides is 1. The monoisotopic (exact) mass is 481 g/mol. The van der Waals surface area contributed by atoms with Crippen LogP contribution in [0.5, 0.6) is 11.5 Å². The molecular formula is C25H27N3O7. The summed E-state index contributed by atoms with van der Waals surface area (Å²) in [6, 6.07) is 6.10. The highest BCUT2D eigenvalue weighted by molar-refractivity contribution is 6.02. The number of hydrogen-bond donors (Lipinski definition) is 1. The molecule has 1 amide bonds. The molecule has 1 N–H and O–H groups in total. The number of carbonyl (C=O) groups is 3. The Labute approximate surface area is 202 Å². The first-order valence-corrected chi connectivity index (χ1v) is 11.3. The van der Waals surface area contributed by atoms with E-state index in [2.05, 4.69) is 10.1 Å². The van der Waals surface area contributed by atoms with Crippen LogP contribution in [0.4, 0.5) is 0 Å². The number of nitrogens with one attached hydrogen (secondary N) is 1. The molecule has 4 rings (SSSR count). The molecule has 10 heteroatoms. The Balaban J connectivity index is 1.34. The molecule has 184 valence electrons. The average Bonchev–Trinajstić information content (AvgIpc) is 3.63. The maximum absolute atomic E-state index is 12.5. The molecule has 0 atom stereocenters. The van der Waals surface area contributed by atoms with Crippen LogP contribution < -0.4 is 9.47 Å². The van der Waals surface area contributed by atoms with Gasteiger partial charge < -0.3 is 28.6 Å². The zero-order valence-corrected chi connectivity index (χ0v) is 19.9. The second-order valence-corrected chi connectivity index (χ2v) is 8.26. The molecule has 1 fully saturated rings. The number of Topliss-reactive ketones (excluding diaryl/α,β-unsaturated/α-hetero) is 1. The molecule has 1 aliphatic rings. The largest absolute Gasteiger partial charge is 0.493 e. The highest BCUT2D eigenvalue weighted by Crippen LogP contribution is 2.30. The van der Waals surface area contributed by atoms with Crippen LogP contribution in [0.15, 0.2) is 35.0 Å². The van der Waals surface area contributed by atoms with Crippen LogP contribution in [0.1, 0.15) is 61.1 Å². The molecule has 35 heavy (non-hydrogen) atoms. The summed E-state index contributed by atoms with van der Waals surface area (Å²) < 4.78 is 21.5. The van der Waals surface area contributed by atoms with Crippen LogP contribution in [0.3, 0.4) is 0 Å². The van der Waals surface area contributed by atoms with Gasteiger partial charge in [0.05, 0.1) is 23.9 Å². The van der Waals surface area contributed by atoms with Crippen molar-refractivity contribution >= 4 is 17.7 Å². The van der Waals surface area contributed by atoms with Gasteiger partial charge in [-0.15, -0.1) is 0 Å². The van der Waals surface area contributed by atoms with Crippen molar-refractivity contribution in [1.82, 2.24) is 15.0 Å². The topological polar surface area (TPSA) is 124 Å². The van der Waals surface area contributed by atoms with Crippen molar-refractivity contribution in [2.24, 2.45) is 0 Å². The zero-order chi connectivity index (χ0) is 24.9. The van der Waals surface area contributed by atoms with E-state index < -0.39 is 18.4 Å². The number of methoxy groups -OCH3 is 1. The smallest absolute Gasteiger partial charge is 0.338 e. The third kappa shape index (κ3) is 5.37. The minimum atomic E-state index is -0.683. The maximum Gasteiger partial charge on any atom is 0.338 e. The molecule has 1 saturated heterocycles. The van der Waals surface area contributed by atoms with E-state index in [1.165, 1.54) is 31.5 Å². The molecule has 0 saturated carbocycles. The van der Waals surface area contributed by atoms with Gasteiger partial charge >= 0.3 is 5.97 Å². The molecule has 3 heterocycles. The van der Waals surface area contributed by atoms with E-state index >= 15 is 0 Å². The van der Waals surface area contributed by atoms with Gasteiger partial charge in [-0.2, -0.15) is 0 Å². The molecule has 0 aliphatic carbocycles. The normalized spacial score (nSPS) is 13.1. The van der Waals surface area contributed by atoms with Gasteiger partial charge in [-0.3, -0.25) is 9.59 Å². The summed E-state index contributed by atoms with van der Waals surface area (Å²) in [5.74, 6) is 0.207. The van der Waals surface area contributed by atoms with Gasteiger partial charge in [0, 0.05) is 24.8 Å². The second-order valence-electron chi connectivity index (χ2n) is 8.26. The van der Waals surface area contributed by atoms with Crippen LogP contribution in [0.25, 0.3) is 0 Å². The van der Waals surface area contributed by atoms with E-state index in [1.54, 1.807) is 17.9 Å². The van der Waals surface area contributed by atoms with Gasteiger partial charge in [0.15, 0.2) is 18.1 Å². The lowest BCUT2D eigenvalue weighted by Gasteiger charge is -2.13. The third-order valence-corrected chi connectivity index (χ3v) is 5.92. The average molecular weight is 482 g/mol. The number of hydrogen-bond acceptors (Lipinski definition) is 8. The fourth-order valence-electron chi connectivity index (χ4n) is 3.84. The molecule has 10 nitrogen and oxygen atoms in total. The number of ketones is 1. The molecule has 0 radical (unpaired) electrons. The van der Waals surface area contributed by atoms with E-state index in [-0.39, 0.29) is 23.6 Å². The predicted molar refractivity (Wildman–Crippen MR) is 124 cm³/mol. The minimum absolute atomic E-state index is 0.137. The Hall–Kier alpha value is -4.08. The standard InChI is InChI=1S/C25H27N3O7/c1-15-19(16(2)35-27-15)13-33-22-7-6-17(11-23(22)32-3)25(31)34-14-21(29)18-10-20(26-12-18)24(30)28-8-4-5-9-28/h6-7,10-12,26H,4-5,8-9,13-14H2,1-3H3. The van der Waals surface area contributed by atoms with Crippen LogP contribution in [-0.4, -0.2) is 59.5 Å². The second kappa shape index (κ2) is 10.5. The van der Waals surface area contributed by atoms with Crippen LogP contribution in [0, 0.1) is 13.8 Å². The van der Waals surface area contributed by atoms with Crippen molar-refractivity contribution in [3.05, 3.63) is 64.3 Å². The van der Waals surface area contributed by atoms with Crippen LogP contribution >= 0.6 is 0 Å². The number of benzene rings is 1. The SMILES string of the molecule is COc1cc(C(=O)OCC(=O)c2c[nH]c(C(=O)N3CCCC3)c2)ccc1OCc1c(C)noc1C. The first-order chi connectivity index (χ1) is 16.9. The van der Waals surface area contributed by atoms with Crippen molar-refractivity contribution in [2.75, 3.05) is 26.8 Å². The Bertz CT molecular complexity index is 1220. The maximum atomic E-state index is 12.5. The quantitative estimate of drug-likeness (QED) is 0.364. The third-order valence-electron chi connectivity index (χ3n) is 5.92. The Morgan fingerprint density at radius 1 is 1.09 bits per heavy atom. The van der Waals surface area contributed by atoms with Gasteiger partial charge in [0.2, 0.25) is 5.78 Å². The summed E-state index contributed by atoms with van der Waals surface area (Å²) >= 11 is 0. The van der Waals surface area contributed by atoms with E-state index in [9.17, 15) is 14.4 Å². The van der Waals surface area contributed by atoms with Gasteiger partial charge in [-0.1, -0.05) is 5.16 Å². The van der Waals surface area contributed by atoms with Crippen LogP contribution in [0.2, 0.25) is 0 Å². The fraction of sp³-hybridized carbons (Fsp3) is 0.360. The lowest BCUT2D eigenvalue weighted by molar-refractivity contribution is 0.0474. The Morgan fingerprint density at radius 2 is 1.86 bits per heavy atom. The first-order valence-electron chi connectivity index (χ1n) is 11.3. The summed E-state index contributed by atoms with van der Waals surface area (Å²) in [4.78, 5) is 42.0. The number of nitrogens with zero attached hydrogens (tertiary/aromatic N) is 2. The number of likely N-dealkylation sites (tertiary alicyclic amines) is 1. The Kier molecular flexibility index (Phi) is 7.19. The van der Waals surface area contributed by atoms with Gasteiger partial charge in [0.25, 0.3) is 5.91 Å². The van der Waals surface area contributed by atoms with Crippen molar-refractivity contribution < 1.29 is 33.1 Å². The molecule has 1 aromatic carbocycles. The molecule has 0 spiro atoms. The lowest BCUT2D eigenvalue weighted by Crippen LogP contribution is -2.27. The van der Waals surface area contributed by atoms with E-state index in [1.807, 2.05) is 6.92 Å². The molecule has 2 aromatic heterocycles. The van der Waals surface area contributed by atoms with Crippen LogP contribution in [-0.2, 0) is 11.3 Å². The fourth-order valence-corrected chi connectivity index (χ4v) is 3.84. The zero-order valence-electron chi connectivity index (χ0n) is 19.9. The molecule has 0 bridgehead atoms. The lowest BCUT2D eigenvalue weighted by atomic mass is 10.2. The summed E-state index contributed by atoms with van der Waals surface area (Å²) in [5, 5.41) is 3.90. The predicted octanol–water partition coefficient (Wildman–Crippen LogP) is 3.48. The molecule has 1 aliphatic heterocycles. The van der Waals surface area contributed by atoms with Crippen molar-refractivity contribution in [3.63, 3.8) is 0 Å². The molecular weight excluding hydrogens is 454 g/mol. The van der Waals surface area contributed by atoms with Crippen molar-refractivity contribution in [1.29, 1.82) is 0 Å². The summed E-state index contributed by atoms with van der Waals surface area (Å²) in [6.07, 6.45) is 3.41. The summed E-state index contributed by atoms with van der Waals surface area (Å²) in [5.41, 5.74) is 2.41. The van der Waals surface area contributed by atoms with Gasteiger partial charge in [-0.05, 0) is 51.0 Å². The number of esters is 1. The number of carbonyl (C=O) groups excluding carboxylic acids is 3. The highest BCUT2D eigenvalue weighted by Gasteiger charge is 2.22. The van der Waals surface area contributed by atoms with Crippen molar-refractivity contribution in [3.8, 4) is 11.5 Å². The van der Waals surface area contributed by atoms with E-state index in [0.29, 0.717) is 36.0 Å². The van der Waals surface area contributed by atoms with Crippen molar-refractivity contribution in [2.45, 2.75) is 33.3 Å². The van der Waals surface area contributed by atoms with E-state index in [0.717, 1.165) is 24.1 Å².